The zero-order chi connectivity index (χ0) is 26.6. The summed E-state index contributed by atoms with van der Waals surface area (Å²) in [6.07, 6.45) is 1.99. The maximum absolute atomic E-state index is 13.5. The van der Waals surface area contributed by atoms with Crippen LogP contribution in [0.1, 0.15) is 45.9 Å². The van der Waals surface area contributed by atoms with Crippen LogP contribution >= 0.6 is 34.8 Å². The molecule has 0 bridgehead atoms. The van der Waals surface area contributed by atoms with Crippen molar-refractivity contribution in [3.63, 3.8) is 0 Å². The van der Waals surface area contributed by atoms with E-state index in [1.54, 1.807) is 0 Å². The molecule has 1 aliphatic rings. The number of carbonyl (C=O) groups is 1. The number of piperidine rings is 1. The molecule has 2 aromatic heterocycles. The van der Waals surface area contributed by atoms with Gasteiger partial charge in [-0.3, -0.25) is 9.69 Å². The average Bonchev–Trinajstić information content (AvgIpc) is 2.86. The molecule has 5 nitrogen and oxygen atoms in total. The Labute approximate surface area is 227 Å². The van der Waals surface area contributed by atoms with Gasteiger partial charge in [-0.15, -0.1) is 0 Å². The Hall–Kier alpha value is -2.65. The van der Waals surface area contributed by atoms with Gasteiger partial charge < -0.3 is 5.32 Å². The van der Waals surface area contributed by atoms with E-state index in [1.165, 1.54) is 18.3 Å². The van der Waals surface area contributed by atoms with Crippen molar-refractivity contribution in [1.29, 1.82) is 0 Å². The summed E-state index contributed by atoms with van der Waals surface area (Å²) in [5.74, 6) is -0.792. The van der Waals surface area contributed by atoms with Gasteiger partial charge in [0.05, 0.1) is 16.9 Å². The largest absolute Gasteiger partial charge is 0.419 e. The molecule has 1 aliphatic heterocycles. The zero-order valence-electron chi connectivity index (χ0n) is 19.4. The van der Waals surface area contributed by atoms with Gasteiger partial charge in [0.15, 0.2) is 0 Å². The number of hydrogen-bond acceptors (Lipinski definition) is 4. The molecule has 0 radical (unpaired) electrons. The predicted molar refractivity (Wildman–Crippen MR) is 140 cm³/mol. The van der Waals surface area contributed by atoms with E-state index in [1.807, 2.05) is 30.3 Å². The number of halogens is 6. The highest BCUT2D eigenvalue weighted by molar-refractivity contribution is 6.31. The number of likely N-dealkylation sites (tertiary alicyclic amines) is 1. The molecule has 0 saturated carbocycles. The molecule has 3 heterocycles. The van der Waals surface area contributed by atoms with Gasteiger partial charge in [-0.1, -0.05) is 59.1 Å². The second-order valence-corrected chi connectivity index (χ2v) is 9.79. The molecule has 0 unspecified atom stereocenters. The number of amides is 1. The number of anilines is 1. The molecule has 0 aliphatic carbocycles. The predicted octanol–water partition coefficient (Wildman–Crippen LogP) is 7.60. The van der Waals surface area contributed by atoms with E-state index in [-0.39, 0.29) is 22.3 Å². The van der Waals surface area contributed by atoms with E-state index < -0.39 is 22.8 Å². The Kier molecular flexibility index (Phi) is 8.75. The van der Waals surface area contributed by atoms with Crippen molar-refractivity contribution in [2.75, 3.05) is 25.0 Å². The number of carbonyl (C=O) groups excluding carboxylic acids is 1. The normalized spacial score (nSPS) is 15.3. The van der Waals surface area contributed by atoms with Crippen LogP contribution in [-0.4, -0.2) is 40.4 Å². The summed E-state index contributed by atoms with van der Waals surface area (Å²) >= 11 is 17.7. The number of alkyl halides is 3. The molecule has 11 heteroatoms. The molecule has 0 spiro atoms. The quantitative estimate of drug-likeness (QED) is 0.311. The van der Waals surface area contributed by atoms with Crippen molar-refractivity contribution in [3.05, 3.63) is 92.5 Å². The van der Waals surface area contributed by atoms with Crippen molar-refractivity contribution < 1.29 is 18.0 Å². The molecule has 37 heavy (non-hydrogen) atoms. The lowest BCUT2D eigenvalue weighted by Crippen LogP contribution is -2.33. The van der Waals surface area contributed by atoms with Gasteiger partial charge in [-0.05, 0) is 61.8 Å². The third-order valence-electron chi connectivity index (χ3n) is 6.07. The second-order valence-electron chi connectivity index (χ2n) is 8.61. The summed E-state index contributed by atoms with van der Waals surface area (Å²) in [4.78, 5) is 23.0. The Morgan fingerprint density at radius 3 is 2.43 bits per heavy atom. The van der Waals surface area contributed by atoms with Gasteiger partial charge in [0.1, 0.15) is 10.3 Å². The molecule has 4 rings (SSSR count). The monoisotopic (exact) mass is 568 g/mol. The number of rotatable bonds is 6. The highest BCUT2D eigenvalue weighted by Gasteiger charge is 2.36. The molecule has 3 aromatic rings. The summed E-state index contributed by atoms with van der Waals surface area (Å²) in [5, 5.41) is 2.71. The van der Waals surface area contributed by atoms with Crippen LogP contribution in [0.3, 0.4) is 0 Å². The van der Waals surface area contributed by atoms with E-state index in [2.05, 4.69) is 26.3 Å². The van der Waals surface area contributed by atoms with Crippen LogP contribution < -0.4 is 5.32 Å². The van der Waals surface area contributed by atoms with E-state index in [0.29, 0.717) is 36.6 Å². The van der Waals surface area contributed by atoms with Gasteiger partial charge in [0.25, 0.3) is 5.91 Å². The average molecular weight is 570 g/mol. The van der Waals surface area contributed by atoms with Crippen molar-refractivity contribution in [2.45, 2.75) is 24.9 Å². The van der Waals surface area contributed by atoms with Crippen molar-refractivity contribution in [1.82, 2.24) is 14.9 Å². The van der Waals surface area contributed by atoms with E-state index in [9.17, 15) is 18.0 Å². The van der Waals surface area contributed by atoms with Crippen LogP contribution in [0.4, 0.5) is 18.9 Å². The number of pyridine rings is 2. The van der Waals surface area contributed by atoms with E-state index >= 15 is 0 Å². The molecular weight excluding hydrogens is 548 g/mol. The fraction of sp³-hybridized carbons (Fsp3) is 0.269. The Morgan fingerprint density at radius 2 is 1.78 bits per heavy atom. The van der Waals surface area contributed by atoms with Gasteiger partial charge in [-0.2, -0.15) is 13.2 Å². The minimum atomic E-state index is -4.72. The number of benzene rings is 1. The molecule has 1 saturated heterocycles. The van der Waals surface area contributed by atoms with Gasteiger partial charge in [0, 0.05) is 29.2 Å². The summed E-state index contributed by atoms with van der Waals surface area (Å²) in [6.45, 7) is 2.15. The van der Waals surface area contributed by atoms with Crippen LogP contribution in [0.15, 0.2) is 54.7 Å². The number of nitrogens with zero attached hydrogens (tertiary/aromatic N) is 3. The van der Waals surface area contributed by atoms with Gasteiger partial charge >= 0.3 is 6.18 Å². The lowest BCUT2D eigenvalue weighted by atomic mass is 9.91. The molecule has 1 N–H and O–H groups in total. The van der Waals surface area contributed by atoms with Crippen molar-refractivity contribution >= 4 is 52.5 Å². The summed E-state index contributed by atoms with van der Waals surface area (Å²) in [5.41, 5.74) is 0.417. The first-order chi connectivity index (χ1) is 17.6. The minimum Gasteiger partial charge on any atom is -0.320 e. The Morgan fingerprint density at radius 1 is 1.08 bits per heavy atom. The first-order valence-corrected chi connectivity index (χ1v) is 12.6. The van der Waals surface area contributed by atoms with Crippen LogP contribution in [0.25, 0.3) is 6.08 Å². The first kappa shape index (κ1) is 27.4. The Balaban J connectivity index is 1.49. The van der Waals surface area contributed by atoms with E-state index in [4.69, 9.17) is 34.8 Å². The minimum absolute atomic E-state index is 0.0178. The van der Waals surface area contributed by atoms with Gasteiger partial charge in [0.2, 0.25) is 0 Å². The fourth-order valence-electron chi connectivity index (χ4n) is 4.15. The molecule has 1 fully saturated rings. The topological polar surface area (TPSA) is 58.1 Å². The zero-order valence-corrected chi connectivity index (χ0v) is 21.7. The number of nitrogens with one attached hydrogen (secondary N) is 1. The van der Waals surface area contributed by atoms with Gasteiger partial charge in [-0.25, -0.2) is 9.97 Å². The molecule has 0 atom stereocenters. The number of aromatic nitrogens is 2. The third-order valence-corrected chi connectivity index (χ3v) is 6.81. The molecule has 194 valence electrons. The lowest BCUT2D eigenvalue weighted by Gasteiger charge is -2.32. The maximum atomic E-state index is 13.5. The Bertz CT molecular complexity index is 1290. The van der Waals surface area contributed by atoms with E-state index in [0.717, 1.165) is 18.2 Å². The van der Waals surface area contributed by atoms with Crippen LogP contribution in [-0.2, 0) is 6.18 Å². The second kappa shape index (κ2) is 11.8. The molecule has 1 aromatic carbocycles. The standard InChI is InChI=1S/C26H22Cl3F3N4O/c27-19-5-3-16(4-6-19)2-1-11-36-12-8-17(9-13-36)23-21(15-20(24(29)35-23)26(30,31)32)34-25(37)18-7-10-33-22(28)14-18/h1-7,10,14-15,17H,8-9,11-13H2,(H,34,37). The van der Waals surface area contributed by atoms with Crippen LogP contribution in [0, 0.1) is 0 Å². The molecular formula is C26H22Cl3F3N4O. The highest BCUT2D eigenvalue weighted by atomic mass is 35.5. The third kappa shape index (κ3) is 7.23. The summed E-state index contributed by atoms with van der Waals surface area (Å²) in [7, 11) is 0. The SMILES string of the molecule is O=C(Nc1cc(C(F)(F)F)c(Cl)nc1C1CCN(CC=Cc2ccc(Cl)cc2)CC1)c1ccnc(Cl)c1. The highest BCUT2D eigenvalue weighted by Crippen LogP contribution is 2.40. The lowest BCUT2D eigenvalue weighted by molar-refractivity contribution is -0.137. The smallest absolute Gasteiger partial charge is 0.320 e. The molecule has 1 amide bonds. The maximum Gasteiger partial charge on any atom is 0.419 e. The van der Waals surface area contributed by atoms with Crippen LogP contribution in [0.2, 0.25) is 15.3 Å². The summed E-state index contributed by atoms with van der Waals surface area (Å²) in [6, 6.07) is 11.1. The van der Waals surface area contributed by atoms with Crippen molar-refractivity contribution in [3.8, 4) is 0 Å². The number of hydrogen-bond donors (Lipinski definition) is 1. The van der Waals surface area contributed by atoms with Crippen molar-refractivity contribution in [2.24, 2.45) is 0 Å². The van der Waals surface area contributed by atoms with Crippen LogP contribution in [0.5, 0.6) is 0 Å². The first-order valence-electron chi connectivity index (χ1n) is 11.4. The fourth-order valence-corrected chi connectivity index (χ4v) is 4.71. The summed E-state index contributed by atoms with van der Waals surface area (Å²) < 4.78 is 40.6.